The van der Waals surface area contributed by atoms with E-state index in [1.54, 1.807) is 6.20 Å². The number of amides is 1. The number of rotatable bonds is 11. The van der Waals surface area contributed by atoms with Crippen molar-refractivity contribution in [2.75, 3.05) is 10.2 Å². The van der Waals surface area contributed by atoms with Crippen molar-refractivity contribution in [3.8, 4) is 23.1 Å². The second kappa shape index (κ2) is 14.2. The summed E-state index contributed by atoms with van der Waals surface area (Å²) in [6.07, 6.45) is 15.4. The Balaban J connectivity index is 1.15. The number of aromatic nitrogens is 5. The Morgan fingerprint density at radius 1 is 0.933 bits per heavy atom. The van der Waals surface area contributed by atoms with Crippen LogP contribution in [-0.2, 0) is 17.6 Å². The molecule has 10 nitrogen and oxygen atoms in total. The SMILES string of the molecule is CCc1ncc(-c2ccc(N(C(=O)CCc3ccccc3)C3CCC(Nc4ncc(C#N)c(OC5CCC5)n4)CC3)nc2)cn1. The molecule has 1 amide bonds. The standard InChI is InChI=1S/C35H38N8O2/c1-2-31-37-22-27(23-38-31)25-12-17-32(39-20-25)43(33(44)18-11-24-7-4-3-5-8-24)29-15-13-28(14-16-29)41-35-40-21-26(19-36)34(42-35)45-30-9-6-10-30/h3-5,7-8,12,17,20-23,28-30H,2,6,9-11,13-16,18H2,1H3,(H,40,41,42). The molecule has 0 unspecified atom stereocenters. The number of benzene rings is 1. The normalized spacial score (nSPS) is 18.0. The molecule has 230 valence electrons. The van der Waals surface area contributed by atoms with E-state index in [4.69, 9.17) is 9.72 Å². The number of carbonyl (C=O) groups is 1. The van der Waals surface area contributed by atoms with E-state index in [0.717, 1.165) is 73.9 Å². The predicted octanol–water partition coefficient (Wildman–Crippen LogP) is 6.08. The van der Waals surface area contributed by atoms with Crippen molar-refractivity contribution in [1.82, 2.24) is 24.9 Å². The summed E-state index contributed by atoms with van der Waals surface area (Å²) in [6.45, 7) is 2.03. The van der Waals surface area contributed by atoms with Crippen LogP contribution in [0.1, 0.15) is 75.2 Å². The molecule has 10 heteroatoms. The van der Waals surface area contributed by atoms with E-state index in [-0.39, 0.29) is 24.1 Å². The number of nitrogens with zero attached hydrogens (tertiary/aromatic N) is 7. The van der Waals surface area contributed by atoms with E-state index in [2.05, 4.69) is 43.5 Å². The van der Waals surface area contributed by atoms with Crippen LogP contribution >= 0.6 is 0 Å². The molecule has 6 rings (SSSR count). The van der Waals surface area contributed by atoms with Crippen LogP contribution in [-0.4, -0.2) is 49.0 Å². The molecule has 1 N–H and O–H groups in total. The molecule has 2 aliphatic carbocycles. The lowest BCUT2D eigenvalue weighted by molar-refractivity contribution is -0.119. The molecule has 2 aliphatic rings. The van der Waals surface area contributed by atoms with E-state index in [9.17, 15) is 10.1 Å². The minimum Gasteiger partial charge on any atom is -0.473 e. The lowest BCUT2D eigenvalue weighted by Crippen LogP contribution is -2.45. The molecule has 0 bridgehead atoms. The summed E-state index contributed by atoms with van der Waals surface area (Å²) in [5.74, 6) is 2.35. The van der Waals surface area contributed by atoms with E-state index >= 15 is 0 Å². The monoisotopic (exact) mass is 602 g/mol. The van der Waals surface area contributed by atoms with Gasteiger partial charge in [0.25, 0.3) is 0 Å². The zero-order valence-corrected chi connectivity index (χ0v) is 25.6. The quantitative estimate of drug-likeness (QED) is 0.217. The average Bonchev–Trinajstić information content (AvgIpc) is 3.07. The number of hydrogen-bond donors (Lipinski definition) is 1. The molecule has 0 saturated heterocycles. The van der Waals surface area contributed by atoms with Gasteiger partial charge in [-0.3, -0.25) is 9.69 Å². The van der Waals surface area contributed by atoms with Gasteiger partial charge in [-0.1, -0.05) is 37.3 Å². The van der Waals surface area contributed by atoms with Crippen molar-refractivity contribution in [2.24, 2.45) is 0 Å². The van der Waals surface area contributed by atoms with Crippen molar-refractivity contribution in [3.63, 3.8) is 0 Å². The Labute approximate surface area is 264 Å². The van der Waals surface area contributed by atoms with Gasteiger partial charge in [0.05, 0.1) is 6.20 Å². The Morgan fingerprint density at radius 3 is 2.33 bits per heavy atom. The van der Waals surface area contributed by atoms with Gasteiger partial charge in [0.1, 0.15) is 29.4 Å². The summed E-state index contributed by atoms with van der Waals surface area (Å²) in [4.78, 5) is 38.2. The van der Waals surface area contributed by atoms with Crippen molar-refractivity contribution in [1.29, 1.82) is 5.26 Å². The van der Waals surface area contributed by atoms with Gasteiger partial charge in [0.2, 0.25) is 17.7 Å². The fourth-order valence-electron chi connectivity index (χ4n) is 5.83. The van der Waals surface area contributed by atoms with Gasteiger partial charge in [-0.05, 0) is 69.1 Å². The van der Waals surface area contributed by atoms with Crippen LogP contribution in [0.25, 0.3) is 11.1 Å². The molecule has 4 aromatic rings. The molecule has 0 radical (unpaired) electrons. The lowest BCUT2D eigenvalue weighted by atomic mass is 9.89. The largest absolute Gasteiger partial charge is 0.473 e. The summed E-state index contributed by atoms with van der Waals surface area (Å²) < 4.78 is 5.96. The van der Waals surface area contributed by atoms with E-state index < -0.39 is 0 Å². The highest BCUT2D eigenvalue weighted by atomic mass is 16.5. The molecule has 0 aliphatic heterocycles. The van der Waals surface area contributed by atoms with E-state index in [1.165, 1.54) is 6.20 Å². The molecule has 0 atom stereocenters. The van der Waals surface area contributed by atoms with Crippen molar-refractivity contribution in [3.05, 3.63) is 84.2 Å². The highest BCUT2D eigenvalue weighted by Gasteiger charge is 2.31. The average molecular weight is 603 g/mol. The molecule has 2 saturated carbocycles. The van der Waals surface area contributed by atoms with Gasteiger partial charge in [0, 0.05) is 54.6 Å². The van der Waals surface area contributed by atoms with E-state index in [0.29, 0.717) is 36.1 Å². The summed E-state index contributed by atoms with van der Waals surface area (Å²) in [7, 11) is 0. The van der Waals surface area contributed by atoms with Gasteiger partial charge < -0.3 is 10.1 Å². The van der Waals surface area contributed by atoms with Gasteiger partial charge in [-0.25, -0.2) is 19.9 Å². The minimum absolute atomic E-state index is 0.0243. The molecule has 2 fully saturated rings. The first-order valence-corrected chi connectivity index (χ1v) is 15.9. The number of pyridine rings is 1. The lowest BCUT2D eigenvalue weighted by Gasteiger charge is -2.36. The van der Waals surface area contributed by atoms with Crippen molar-refractivity contribution in [2.45, 2.75) is 89.3 Å². The number of anilines is 2. The predicted molar refractivity (Wildman–Crippen MR) is 172 cm³/mol. The highest BCUT2D eigenvalue weighted by Crippen LogP contribution is 2.31. The molecule has 45 heavy (non-hydrogen) atoms. The maximum atomic E-state index is 13.8. The van der Waals surface area contributed by atoms with E-state index in [1.807, 2.05) is 54.5 Å². The van der Waals surface area contributed by atoms with Gasteiger partial charge in [-0.15, -0.1) is 0 Å². The molecular formula is C35H38N8O2. The number of aryl methyl sites for hydroxylation is 2. The summed E-state index contributed by atoms with van der Waals surface area (Å²) >= 11 is 0. The minimum atomic E-state index is 0.0243. The number of nitrogens with one attached hydrogen (secondary N) is 1. The number of carbonyl (C=O) groups excluding carboxylic acids is 1. The molecule has 3 heterocycles. The molecular weight excluding hydrogens is 564 g/mol. The summed E-state index contributed by atoms with van der Waals surface area (Å²) in [5, 5.41) is 12.9. The third-order valence-corrected chi connectivity index (χ3v) is 8.69. The van der Waals surface area contributed by atoms with Crippen LogP contribution in [0.5, 0.6) is 5.88 Å². The van der Waals surface area contributed by atoms with Crippen LogP contribution in [0.15, 0.2) is 67.3 Å². The van der Waals surface area contributed by atoms with Crippen LogP contribution in [0.4, 0.5) is 11.8 Å². The number of ether oxygens (including phenoxy) is 1. The van der Waals surface area contributed by atoms with Crippen molar-refractivity contribution < 1.29 is 9.53 Å². The summed E-state index contributed by atoms with van der Waals surface area (Å²) in [6, 6.07) is 16.3. The van der Waals surface area contributed by atoms with Crippen LogP contribution < -0.4 is 15.0 Å². The second-order valence-electron chi connectivity index (χ2n) is 11.7. The molecule has 3 aromatic heterocycles. The van der Waals surface area contributed by atoms with Gasteiger partial charge >= 0.3 is 0 Å². The van der Waals surface area contributed by atoms with Crippen LogP contribution in [0.2, 0.25) is 0 Å². The topological polar surface area (TPSA) is 130 Å². The Hall–Kier alpha value is -4.91. The fourth-order valence-corrected chi connectivity index (χ4v) is 5.83. The van der Waals surface area contributed by atoms with Crippen LogP contribution in [0, 0.1) is 11.3 Å². The third kappa shape index (κ3) is 7.43. The van der Waals surface area contributed by atoms with Crippen LogP contribution in [0.3, 0.4) is 0 Å². The Kier molecular flexibility index (Phi) is 9.54. The maximum Gasteiger partial charge on any atom is 0.236 e. The summed E-state index contributed by atoms with van der Waals surface area (Å²) in [5.41, 5.74) is 3.30. The smallest absolute Gasteiger partial charge is 0.236 e. The number of nitriles is 1. The Morgan fingerprint density at radius 2 is 1.69 bits per heavy atom. The molecule has 1 aromatic carbocycles. The number of hydrogen-bond acceptors (Lipinski definition) is 9. The highest BCUT2D eigenvalue weighted by molar-refractivity contribution is 5.93. The Bertz CT molecular complexity index is 1610. The fraction of sp³-hybridized carbons (Fsp3) is 0.400. The zero-order chi connectivity index (χ0) is 31.0. The first kappa shape index (κ1) is 30.1. The van der Waals surface area contributed by atoms with Gasteiger partial charge in [0.15, 0.2) is 0 Å². The first-order valence-electron chi connectivity index (χ1n) is 15.9. The molecule has 0 spiro atoms. The van der Waals surface area contributed by atoms with Gasteiger partial charge in [-0.2, -0.15) is 10.2 Å². The van der Waals surface area contributed by atoms with Crippen molar-refractivity contribution >= 4 is 17.7 Å². The second-order valence-corrected chi connectivity index (χ2v) is 11.7. The maximum absolute atomic E-state index is 13.8. The zero-order valence-electron chi connectivity index (χ0n) is 25.6. The first-order chi connectivity index (χ1) is 22.1. The third-order valence-electron chi connectivity index (χ3n) is 8.69.